The first-order valence-electron chi connectivity index (χ1n) is 12.0. The molecule has 0 aliphatic heterocycles. The maximum Gasteiger partial charge on any atom is 0.358 e. The van der Waals surface area contributed by atoms with E-state index in [4.69, 9.17) is 14.3 Å². The molecule has 9 nitrogen and oxygen atoms in total. The lowest BCUT2D eigenvalue weighted by atomic mass is 10.1. The van der Waals surface area contributed by atoms with Crippen LogP contribution in [0.1, 0.15) is 21.8 Å². The van der Waals surface area contributed by atoms with Gasteiger partial charge in [0.05, 0.1) is 6.20 Å². The molecule has 10 heteroatoms. The van der Waals surface area contributed by atoms with E-state index >= 15 is 0 Å². The summed E-state index contributed by atoms with van der Waals surface area (Å²) in [5, 5.41) is 7.71. The average Bonchev–Trinajstić information content (AvgIpc) is 3.55. The second-order valence-electron chi connectivity index (χ2n) is 8.33. The van der Waals surface area contributed by atoms with E-state index in [1.54, 1.807) is 42.1 Å². The van der Waals surface area contributed by atoms with Gasteiger partial charge < -0.3 is 18.9 Å². The number of aromatic nitrogens is 4. The van der Waals surface area contributed by atoms with E-state index in [1.165, 1.54) is 6.20 Å². The number of fused-ring (bicyclic) bond motifs is 1. The van der Waals surface area contributed by atoms with Crippen molar-refractivity contribution in [3.05, 3.63) is 101 Å². The quantitative estimate of drug-likeness (QED) is 0.103. The minimum Gasteiger partial charge on any atom is -0.486 e. The zero-order valence-corrected chi connectivity index (χ0v) is 21.5. The fourth-order valence-corrected chi connectivity index (χ4v) is 4.64. The van der Waals surface area contributed by atoms with Gasteiger partial charge in [-0.15, -0.1) is 11.3 Å². The second-order valence-corrected chi connectivity index (χ2v) is 9.31. The SMILES string of the molecule is Cc1c(CCON=CC(=O)Oc2cccnc2)c2cc(OCc3nccs3)ccc2n1Cc1cccnc1. The number of pyridine rings is 2. The van der Waals surface area contributed by atoms with Gasteiger partial charge in [0.2, 0.25) is 0 Å². The summed E-state index contributed by atoms with van der Waals surface area (Å²) >= 11 is 1.56. The van der Waals surface area contributed by atoms with Gasteiger partial charge in [0, 0.05) is 59.7 Å². The van der Waals surface area contributed by atoms with Gasteiger partial charge in [0.1, 0.15) is 29.7 Å². The van der Waals surface area contributed by atoms with Crippen LogP contribution in [0.5, 0.6) is 11.5 Å². The molecule has 0 amide bonds. The third-order valence-electron chi connectivity index (χ3n) is 5.86. The zero-order chi connectivity index (χ0) is 26.2. The number of oxime groups is 1. The highest BCUT2D eigenvalue weighted by Crippen LogP contribution is 2.31. The number of carbonyl (C=O) groups excluding carboxylic acids is 1. The average molecular weight is 528 g/mol. The van der Waals surface area contributed by atoms with E-state index in [-0.39, 0.29) is 6.61 Å². The monoisotopic (exact) mass is 527 g/mol. The van der Waals surface area contributed by atoms with Crippen molar-refractivity contribution in [3.63, 3.8) is 0 Å². The van der Waals surface area contributed by atoms with Gasteiger partial charge in [0.15, 0.2) is 6.21 Å². The molecule has 5 aromatic rings. The first-order chi connectivity index (χ1) is 18.7. The number of carbonyl (C=O) groups is 1. The van der Waals surface area contributed by atoms with Crippen LogP contribution < -0.4 is 9.47 Å². The largest absolute Gasteiger partial charge is 0.486 e. The van der Waals surface area contributed by atoms with Crippen LogP contribution in [0, 0.1) is 6.92 Å². The highest BCUT2D eigenvalue weighted by molar-refractivity contribution is 7.09. The maximum atomic E-state index is 11.9. The first-order valence-corrected chi connectivity index (χ1v) is 12.8. The van der Waals surface area contributed by atoms with Crippen LogP contribution in [-0.4, -0.2) is 38.3 Å². The van der Waals surface area contributed by atoms with Crippen molar-refractivity contribution in [1.29, 1.82) is 0 Å². The van der Waals surface area contributed by atoms with Gasteiger partial charge in [-0.1, -0.05) is 11.2 Å². The van der Waals surface area contributed by atoms with Crippen LogP contribution >= 0.6 is 11.3 Å². The smallest absolute Gasteiger partial charge is 0.358 e. The van der Waals surface area contributed by atoms with Gasteiger partial charge in [-0.05, 0) is 54.4 Å². The Hall–Kier alpha value is -4.57. The Morgan fingerprint density at radius 2 is 1.95 bits per heavy atom. The molecular weight excluding hydrogens is 502 g/mol. The fourth-order valence-electron chi connectivity index (χ4n) is 4.11. The molecule has 0 saturated heterocycles. The zero-order valence-electron chi connectivity index (χ0n) is 20.7. The van der Waals surface area contributed by atoms with Crippen LogP contribution in [0.15, 0.2) is 84.0 Å². The third kappa shape index (κ3) is 6.22. The molecule has 0 aliphatic carbocycles. The molecule has 4 aromatic heterocycles. The van der Waals surface area contributed by atoms with E-state index in [1.807, 2.05) is 23.7 Å². The molecule has 1 aromatic carbocycles. The molecule has 0 atom stereocenters. The molecule has 0 unspecified atom stereocenters. The molecule has 38 heavy (non-hydrogen) atoms. The van der Waals surface area contributed by atoms with Crippen LogP contribution in [0.2, 0.25) is 0 Å². The summed E-state index contributed by atoms with van der Waals surface area (Å²) in [6, 6.07) is 13.4. The number of hydrogen-bond acceptors (Lipinski definition) is 9. The van der Waals surface area contributed by atoms with E-state index in [0.29, 0.717) is 25.3 Å². The number of benzene rings is 1. The van der Waals surface area contributed by atoms with E-state index in [2.05, 4.69) is 49.8 Å². The summed E-state index contributed by atoms with van der Waals surface area (Å²) in [6.45, 7) is 3.49. The number of rotatable bonds is 11. The molecule has 0 saturated carbocycles. The van der Waals surface area contributed by atoms with Crippen molar-refractivity contribution in [2.45, 2.75) is 26.5 Å². The standard InChI is InChI=1S/C28H25N5O4S/c1-20-24(8-12-36-32-17-28(34)37-23-5-3-10-30-16-23)25-14-22(35-19-27-31-11-13-38-27)6-7-26(25)33(20)18-21-4-2-9-29-15-21/h2-7,9-11,13-17H,8,12,18-19H2,1H3. The third-order valence-corrected chi connectivity index (χ3v) is 6.62. The van der Waals surface area contributed by atoms with Crippen molar-refractivity contribution in [2.24, 2.45) is 5.16 Å². The number of esters is 1. The lowest BCUT2D eigenvalue weighted by Crippen LogP contribution is -2.09. The Kier molecular flexibility index (Phi) is 8.00. The minimum atomic E-state index is -0.635. The molecular formula is C28H25N5O4S. The van der Waals surface area contributed by atoms with Gasteiger partial charge in [-0.3, -0.25) is 9.97 Å². The number of hydrogen-bond donors (Lipinski definition) is 0. The van der Waals surface area contributed by atoms with Gasteiger partial charge in [0.25, 0.3) is 0 Å². The van der Waals surface area contributed by atoms with E-state index in [0.717, 1.165) is 44.7 Å². The Balaban J connectivity index is 1.31. The summed E-state index contributed by atoms with van der Waals surface area (Å²) in [5.41, 5.74) is 4.43. The van der Waals surface area contributed by atoms with Gasteiger partial charge in [-0.2, -0.15) is 0 Å². The summed E-state index contributed by atoms with van der Waals surface area (Å²) < 4.78 is 13.4. The maximum absolute atomic E-state index is 11.9. The predicted octanol–water partition coefficient (Wildman–Crippen LogP) is 4.97. The van der Waals surface area contributed by atoms with E-state index < -0.39 is 5.97 Å². The van der Waals surface area contributed by atoms with Crippen molar-refractivity contribution < 1.29 is 19.1 Å². The Bertz CT molecular complexity index is 1520. The summed E-state index contributed by atoms with van der Waals surface area (Å²) in [4.78, 5) is 29.8. The highest BCUT2D eigenvalue weighted by atomic mass is 32.1. The first kappa shape index (κ1) is 25.1. The van der Waals surface area contributed by atoms with E-state index in [9.17, 15) is 4.79 Å². The number of nitrogens with zero attached hydrogens (tertiary/aromatic N) is 5. The molecule has 0 radical (unpaired) electrons. The number of thiazole rings is 1. The highest BCUT2D eigenvalue weighted by Gasteiger charge is 2.16. The molecule has 5 rings (SSSR count). The predicted molar refractivity (Wildman–Crippen MR) is 144 cm³/mol. The summed E-state index contributed by atoms with van der Waals surface area (Å²) in [6.07, 6.45) is 10.1. The Labute approximate surface area is 223 Å². The molecule has 0 aliphatic rings. The number of ether oxygens (including phenoxy) is 2. The lowest BCUT2D eigenvalue weighted by Gasteiger charge is -2.09. The van der Waals surface area contributed by atoms with Crippen LogP contribution in [0.25, 0.3) is 10.9 Å². The normalized spacial score (nSPS) is 11.2. The Morgan fingerprint density at radius 3 is 2.71 bits per heavy atom. The molecule has 0 spiro atoms. The second kappa shape index (κ2) is 12.1. The van der Waals surface area contributed by atoms with Crippen LogP contribution in [0.4, 0.5) is 0 Å². The Morgan fingerprint density at radius 1 is 1.08 bits per heavy atom. The molecule has 192 valence electrons. The van der Waals surface area contributed by atoms with Crippen LogP contribution in [-0.2, 0) is 29.2 Å². The van der Waals surface area contributed by atoms with Gasteiger partial charge in [-0.25, -0.2) is 9.78 Å². The summed E-state index contributed by atoms with van der Waals surface area (Å²) in [5.74, 6) is 0.475. The van der Waals surface area contributed by atoms with Crippen LogP contribution in [0.3, 0.4) is 0 Å². The van der Waals surface area contributed by atoms with Crippen molar-refractivity contribution >= 4 is 34.4 Å². The van der Waals surface area contributed by atoms with Gasteiger partial charge >= 0.3 is 5.97 Å². The lowest BCUT2D eigenvalue weighted by molar-refractivity contribution is -0.126. The van der Waals surface area contributed by atoms with Crippen molar-refractivity contribution in [2.75, 3.05) is 6.61 Å². The molecule has 0 fully saturated rings. The molecule has 4 heterocycles. The fraction of sp³-hybridized carbons (Fsp3) is 0.179. The molecule has 0 bridgehead atoms. The molecule has 0 N–H and O–H groups in total. The summed E-state index contributed by atoms with van der Waals surface area (Å²) in [7, 11) is 0. The topological polar surface area (TPSA) is 101 Å². The van der Waals surface area contributed by atoms with Crippen molar-refractivity contribution in [3.8, 4) is 11.5 Å². The van der Waals surface area contributed by atoms with Crippen molar-refractivity contribution in [1.82, 2.24) is 19.5 Å². The minimum absolute atomic E-state index is 0.285.